The fourth-order valence-electron chi connectivity index (χ4n) is 2.91. The van der Waals surface area contributed by atoms with Crippen LogP contribution in [-0.2, 0) is 6.54 Å². The number of halogens is 1. The number of fused-ring (bicyclic) bond motifs is 1. The van der Waals surface area contributed by atoms with Crippen LogP contribution in [0.4, 0.5) is 0 Å². The molecular formula is C20H18ClN3O3. The molecule has 0 saturated heterocycles. The van der Waals surface area contributed by atoms with E-state index in [-0.39, 0.29) is 18.7 Å². The van der Waals surface area contributed by atoms with Gasteiger partial charge in [-0.05, 0) is 36.2 Å². The summed E-state index contributed by atoms with van der Waals surface area (Å²) in [5, 5.41) is 7.92. The first kappa shape index (κ1) is 17.4. The Labute approximate surface area is 161 Å². The van der Waals surface area contributed by atoms with Crippen LogP contribution >= 0.6 is 11.6 Å². The minimum Gasteiger partial charge on any atom is -0.454 e. The lowest BCUT2D eigenvalue weighted by atomic mass is 10.1. The second-order valence-electron chi connectivity index (χ2n) is 6.33. The molecule has 7 heteroatoms. The normalized spacial score (nSPS) is 13.4. The van der Waals surface area contributed by atoms with Crippen molar-refractivity contribution in [2.45, 2.75) is 19.5 Å². The zero-order chi connectivity index (χ0) is 18.8. The van der Waals surface area contributed by atoms with Gasteiger partial charge in [0.15, 0.2) is 11.5 Å². The maximum absolute atomic E-state index is 12.5. The molecule has 1 unspecified atom stereocenters. The van der Waals surface area contributed by atoms with Gasteiger partial charge < -0.3 is 14.8 Å². The Morgan fingerprint density at radius 2 is 2.07 bits per heavy atom. The molecule has 0 bridgehead atoms. The van der Waals surface area contributed by atoms with Gasteiger partial charge in [-0.3, -0.25) is 9.48 Å². The molecule has 1 aliphatic heterocycles. The molecule has 3 aromatic rings. The van der Waals surface area contributed by atoms with Crippen LogP contribution in [-0.4, -0.2) is 22.5 Å². The quantitative estimate of drug-likeness (QED) is 0.727. The first-order chi connectivity index (χ1) is 13.1. The maximum atomic E-state index is 12.5. The lowest BCUT2D eigenvalue weighted by molar-refractivity contribution is 0.0939. The summed E-state index contributed by atoms with van der Waals surface area (Å²) in [7, 11) is 0. The van der Waals surface area contributed by atoms with E-state index in [9.17, 15) is 4.79 Å². The smallest absolute Gasteiger partial charge is 0.254 e. The Morgan fingerprint density at radius 3 is 2.93 bits per heavy atom. The molecule has 2 heterocycles. The summed E-state index contributed by atoms with van der Waals surface area (Å²) < 4.78 is 12.4. The molecule has 4 rings (SSSR count). The van der Waals surface area contributed by atoms with Crippen LogP contribution in [0.2, 0.25) is 5.02 Å². The average Bonchev–Trinajstić information content (AvgIpc) is 3.32. The highest BCUT2D eigenvalue weighted by molar-refractivity contribution is 6.31. The van der Waals surface area contributed by atoms with Crippen molar-refractivity contribution in [3.05, 3.63) is 76.6 Å². The van der Waals surface area contributed by atoms with Gasteiger partial charge in [0.05, 0.1) is 24.3 Å². The molecule has 1 atom stereocenters. The summed E-state index contributed by atoms with van der Waals surface area (Å²) in [4.78, 5) is 12.5. The largest absolute Gasteiger partial charge is 0.454 e. The van der Waals surface area contributed by atoms with Crippen molar-refractivity contribution >= 4 is 17.5 Å². The zero-order valence-electron chi connectivity index (χ0n) is 14.7. The molecule has 0 fully saturated rings. The van der Waals surface area contributed by atoms with Crippen molar-refractivity contribution in [1.29, 1.82) is 0 Å². The van der Waals surface area contributed by atoms with E-state index < -0.39 is 0 Å². The highest BCUT2D eigenvalue weighted by atomic mass is 35.5. The Hall–Kier alpha value is -2.99. The van der Waals surface area contributed by atoms with Crippen molar-refractivity contribution in [3.63, 3.8) is 0 Å². The van der Waals surface area contributed by atoms with Gasteiger partial charge in [0, 0.05) is 11.2 Å². The van der Waals surface area contributed by atoms with Crippen molar-refractivity contribution in [2.75, 3.05) is 6.79 Å². The molecule has 0 radical (unpaired) electrons. The zero-order valence-corrected chi connectivity index (χ0v) is 15.4. The molecule has 2 aromatic carbocycles. The number of rotatable bonds is 5. The summed E-state index contributed by atoms with van der Waals surface area (Å²) in [6.07, 6.45) is 3.27. The number of hydrogen-bond acceptors (Lipinski definition) is 4. The van der Waals surface area contributed by atoms with E-state index in [0.29, 0.717) is 22.9 Å². The summed E-state index contributed by atoms with van der Waals surface area (Å²) in [5.74, 6) is 1.23. The predicted octanol–water partition coefficient (Wildman–Crippen LogP) is 3.80. The third kappa shape index (κ3) is 3.75. The van der Waals surface area contributed by atoms with Crippen LogP contribution in [0.3, 0.4) is 0 Å². The SMILES string of the molecule is CC(NC(=O)c1cnn(Cc2ccccc2Cl)c1)c1ccc2c(c1)OCO2. The van der Waals surface area contributed by atoms with E-state index in [2.05, 4.69) is 10.4 Å². The molecular weight excluding hydrogens is 366 g/mol. The molecule has 27 heavy (non-hydrogen) atoms. The number of hydrogen-bond donors (Lipinski definition) is 1. The van der Waals surface area contributed by atoms with E-state index in [1.54, 1.807) is 17.1 Å². The summed E-state index contributed by atoms with van der Waals surface area (Å²) in [6.45, 7) is 2.65. The van der Waals surface area contributed by atoms with Crippen LogP contribution in [0.5, 0.6) is 11.5 Å². The number of carbonyl (C=O) groups is 1. The van der Waals surface area contributed by atoms with Crippen LogP contribution in [0, 0.1) is 0 Å². The summed E-state index contributed by atoms with van der Waals surface area (Å²) in [6, 6.07) is 13.0. The van der Waals surface area contributed by atoms with Crippen molar-refractivity contribution in [3.8, 4) is 11.5 Å². The van der Waals surface area contributed by atoms with Gasteiger partial charge in [-0.1, -0.05) is 35.9 Å². The molecule has 1 aromatic heterocycles. The van der Waals surface area contributed by atoms with E-state index >= 15 is 0 Å². The molecule has 138 valence electrons. The van der Waals surface area contributed by atoms with Crippen molar-refractivity contribution < 1.29 is 14.3 Å². The number of benzene rings is 2. The topological polar surface area (TPSA) is 65.4 Å². The lowest BCUT2D eigenvalue weighted by Crippen LogP contribution is -2.26. The molecule has 0 spiro atoms. The molecule has 0 saturated carbocycles. The summed E-state index contributed by atoms with van der Waals surface area (Å²) >= 11 is 6.18. The van der Waals surface area contributed by atoms with E-state index in [4.69, 9.17) is 21.1 Å². The van der Waals surface area contributed by atoms with Crippen molar-refractivity contribution in [1.82, 2.24) is 15.1 Å². The third-order valence-electron chi connectivity index (χ3n) is 4.43. The Balaban J connectivity index is 1.43. The highest BCUT2D eigenvalue weighted by Gasteiger charge is 2.18. The maximum Gasteiger partial charge on any atom is 0.254 e. The fraction of sp³-hybridized carbons (Fsp3) is 0.200. The predicted molar refractivity (Wildman–Crippen MR) is 101 cm³/mol. The number of aromatic nitrogens is 2. The van der Waals surface area contributed by atoms with Crippen molar-refractivity contribution in [2.24, 2.45) is 0 Å². The van der Waals surface area contributed by atoms with Gasteiger partial charge in [-0.25, -0.2) is 0 Å². The lowest BCUT2D eigenvalue weighted by Gasteiger charge is -2.14. The van der Waals surface area contributed by atoms with Crippen LogP contribution < -0.4 is 14.8 Å². The van der Waals surface area contributed by atoms with Crippen LogP contribution in [0.1, 0.15) is 34.5 Å². The second kappa shape index (κ2) is 7.32. The third-order valence-corrected chi connectivity index (χ3v) is 4.80. The molecule has 1 amide bonds. The van der Waals surface area contributed by atoms with E-state index in [1.165, 1.54) is 0 Å². The molecule has 1 N–H and O–H groups in total. The van der Waals surface area contributed by atoms with Gasteiger partial charge in [0.25, 0.3) is 5.91 Å². The Bertz CT molecular complexity index is 986. The van der Waals surface area contributed by atoms with Gasteiger partial charge >= 0.3 is 0 Å². The standard InChI is InChI=1S/C20H18ClN3O3/c1-13(14-6-7-18-19(8-14)27-12-26-18)23-20(25)16-9-22-24(11-16)10-15-4-2-3-5-17(15)21/h2-9,11,13H,10,12H2,1H3,(H,23,25). The highest BCUT2D eigenvalue weighted by Crippen LogP contribution is 2.34. The molecule has 6 nitrogen and oxygen atoms in total. The first-order valence-electron chi connectivity index (χ1n) is 8.56. The second-order valence-corrected chi connectivity index (χ2v) is 6.73. The monoisotopic (exact) mass is 383 g/mol. The summed E-state index contributed by atoms with van der Waals surface area (Å²) in [5.41, 5.74) is 2.38. The van der Waals surface area contributed by atoms with Gasteiger partial charge in [0.1, 0.15) is 0 Å². The Kier molecular flexibility index (Phi) is 4.73. The number of nitrogens with one attached hydrogen (secondary N) is 1. The molecule has 1 aliphatic rings. The minimum atomic E-state index is -0.189. The average molecular weight is 384 g/mol. The van der Waals surface area contributed by atoms with E-state index in [1.807, 2.05) is 49.4 Å². The Morgan fingerprint density at radius 1 is 1.26 bits per heavy atom. The van der Waals surface area contributed by atoms with E-state index in [0.717, 1.165) is 16.9 Å². The number of ether oxygens (including phenoxy) is 2. The number of carbonyl (C=O) groups excluding carboxylic acids is 1. The molecule has 0 aliphatic carbocycles. The number of amides is 1. The van der Waals surface area contributed by atoms with Gasteiger partial charge in [0.2, 0.25) is 6.79 Å². The van der Waals surface area contributed by atoms with Gasteiger partial charge in [-0.2, -0.15) is 5.10 Å². The minimum absolute atomic E-state index is 0.182. The van der Waals surface area contributed by atoms with Crippen LogP contribution in [0.15, 0.2) is 54.9 Å². The van der Waals surface area contributed by atoms with Crippen LogP contribution in [0.25, 0.3) is 0 Å². The number of nitrogens with zero attached hydrogens (tertiary/aromatic N) is 2. The fourth-order valence-corrected chi connectivity index (χ4v) is 3.11. The van der Waals surface area contributed by atoms with Gasteiger partial charge in [-0.15, -0.1) is 0 Å². The first-order valence-corrected chi connectivity index (χ1v) is 8.94.